The number of aliphatic carboxylic acids is 1. The second kappa shape index (κ2) is 7.10. The molecule has 1 rings (SSSR count). The number of carbonyl (C=O) groups is 3. The minimum absolute atomic E-state index is 0.323. The van der Waals surface area contributed by atoms with Crippen LogP contribution in [0, 0.1) is 0 Å². The molecule has 0 unspecified atom stereocenters. The molecule has 0 radical (unpaired) electrons. The van der Waals surface area contributed by atoms with Crippen molar-refractivity contribution in [1.82, 2.24) is 5.32 Å². The molecule has 0 aliphatic rings. The summed E-state index contributed by atoms with van der Waals surface area (Å²) in [6.07, 6.45) is 2.05. The van der Waals surface area contributed by atoms with Crippen LogP contribution in [0.4, 0.5) is 0 Å². The van der Waals surface area contributed by atoms with Crippen molar-refractivity contribution in [2.45, 2.75) is 19.4 Å². The molecule has 1 aromatic rings. The molecule has 5 nitrogen and oxygen atoms in total. The molecule has 0 saturated heterocycles. The Labute approximate surface area is 110 Å². The molecule has 0 fully saturated rings. The molecule has 0 aliphatic heterocycles. The van der Waals surface area contributed by atoms with Gasteiger partial charge in [0.1, 0.15) is 0 Å². The third kappa shape index (κ3) is 5.63. The summed E-state index contributed by atoms with van der Waals surface area (Å²) in [5, 5.41) is 11.0. The van der Waals surface area contributed by atoms with Crippen LogP contribution in [0.2, 0.25) is 0 Å². The SMILES string of the molecule is CC(=O)N[C@@H](Cc1ccccc1)C(=O)C=CC(=O)O. The molecule has 0 bridgehead atoms. The second-order valence-corrected chi connectivity index (χ2v) is 4.02. The first-order valence-electron chi connectivity index (χ1n) is 5.75. The van der Waals surface area contributed by atoms with Gasteiger partial charge in [-0.2, -0.15) is 0 Å². The zero-order chi connectivity index (χ0) is 14.3. The number of hydrogen-bond acceptors (Lipinski definition) is 3. The van der Waals surface area contributed by atoms with Crippen LogP contribution in [-0.2, 0) is 20.8 Å². The third-order valence-electron chi connectivity index (χ3n) is 2.39. The normalized spacial score (nSPS) is 12.1. The maximum absolute atomic E-state index is 11.8. The average molecular weight is 261 g/mol. The fourth-order valence-electron chi connectivity index (χ4n) is 1.59. The lowest BCUT2D eigenvalue weighted by molar-refractivity contribution is -0.131. The molecular formula is C14H15NO4. The zero-order valence-electron chi connectivity index (χ0n) is 10.5. The summed E-state index contributed by atoms with van der Waals surface area (Å²) in [7, 11) is 0. The number of ketones is 1. The van der Waals surface area contributed by atoms with Gasteiger partial charge in [0.2, 0.25) is 5.91 Å². The standard InChI is InChI=1S/C14H15NO4/c1-10(16)15-12(13(17)7-8-14(18)19)9-11-5-3-2-4-6-11/h2-8,12H,9H2,1H3,(H,15,16)(H,18,19)/t12-/m0/s1. The van der Waals surface area contributed by atoms with Gasteiger partial charge in [0, 0.05) is 19.4 Å². The molecule has 0 heterocycles. The van der Waals surface area contributed by atoms with Gasteiger partial charge in [0.15, 0.2) is 5.78 Å². The van der Waals surface area contributed by atoms with Crippen LogP contribution in [0.25, 0.3) is 0 Å². The lowest BCUT2D eigenvalue weighted by Crippen LogP contribution is -2.40. The molecule has 1 atom stereocenters. The van der Waals surface area contributed by atoms with Crippen LogP contribution >= 0.6 is 0 Å². The summed E-state index contributed by atoms with van der Waals surface area (Å²) in [6, 6.07) is 8.43. The average Bonchev–Trinajstić information content (AvgIpc) is 2.36. The van der Waals surface area contributed by atoms with E-state index in [1.165, 1.54) is 6.92 Å². The van der Waals surface area contributed by atoms with Crippen LogP contribution in [0.1, 0.15) is 12.5 Å². The number of nitrogens with one attached hydrogen (secondary N) is 1. The number of rotatable bonds is 6. The van der Waals surface area contributed by atoms with Crippen molar-refractivity contribution >= 4 is 17.7 Å². The number of amides is 1. The van der Waals surface area contributed by atoms with Crippen molar-refractivity contribution in [3.63, 3.8) is 0 Å². The lowest BCUT2D eigenvalue weighted by atomic mass is 10.0. The molecule has 5 heteroatoms. The summed E-state index contributed by atoms with van der Waals surface area (Å²) in [4.78, 5) is 33.3. The van der Waals surface area contributed by atoms with E-state index in [4.69, 9.17) is 5.11 Å². The van der Waals surface area contributed by atoms with Crippen molar-refractivity contribution in [2.75, 3.05) is 0 Å². The van der Waals surface area contributed by atoms with Crippen LogP contribution in [0.3, 0.4) is 0 Å². The third-order valence-corrected chi connectivity index (χ3v) is 2.39. The summed E-state index contributed by atoms with van der Waals surface area (Å²) >= 11 is 0. The summed E-state index contributed by atoms with van der Waals surface area (Å²) in [5.74, 6) is -1.98. The van der Waals surface area contributed by atoms with Crippen molar-refractivity contribution in [3.05, 3.63) is 48.0 Å². The number of hydrogen-bond donors (Lipinski definition) is 2. The van der Waals surface area contributed by atoms with Crippen molar-refractivity contribution in [2.24, 2.45) is 0 Å². The fraction of sp³-hybridized carbons (Fsp3) is 0.214. The Hall–Kier alpha value is -2.43. The molecular weight excluding hydrogens is 246 g/mol. The Balaban J connectivity index is 2.80. The van der Waals surface area contributed by atoms with Gasteiger partial charge < -0.3 is 10.4 Å². The molecule has 100 valence electrons. The van der Waals surface area contributed by atoms with Gasteiger partial charge in [-0.15, -0.1) is 0 Å². The van der Waals surface area contributed by atoms with Crippen molar-refractivity contribution in [3.8, 4) is 0 Å². The first-order chi connectivity index (χ1) is 8.99. The van der Waals surface area contributed by atoms with Crippen LogP contribution in [0.15, 0.2) is 42.5 Å². The number of benzene rings is 1. The Kier molecular flexibility index (Phi) is 5.47. The largest absolute Gasteiger partial charge is 0.478 e. The van der Waals surface area contributed by atoms with E-state index in [0.717, 1.165) is 17.7 Å². The molecule has 2 N–H and O–H groups in total. The molecule has 0 aromatic heterocycles. The van der Waals surface area contributed by atoms with E-state index in [0.29, 0.717) is 6.42 Å². The monoisotopic (exact) mass is 261 g/mol. The summed E-state index contributed by atoms with van der Waals surface area (Å²) < 4.78 is 0. The van der Waals surface area contributed by atoms with E-state index in [2.05, 4.69) is 5.32 Å². The Morgan fingerprint density at radius 2 is 1.84 bits per heavy atom. The number of carboxylic acids is 1. The van der Waals surface area contributed by atoms with Gasteiger partial charge in [0.25, 0.3) is 0 Å². The quantitative estimate of drug-likeness (QED) is 0.747. The summed E-state index contributed by atoms with van der Waals surface area (Å²) in [5.41, 5.74) is 0.887. The van der Waals surface area contributed by atoms with E-state index >= 15 is 0 Å². The van der Waals surface area contributed by atoms with E-state index in [1.54, 1.807) is 0 Å². The zero-order valence-corrected chi connectivity index (χ0v) is 10.5. The van der Waals surface area contributed by atoms with E-state index < -0.39 is 17.8 Å². The van der Waals surface area contributed by atoms with Gasteiger partial charge >= 0.3 is 5.97 Å². The topological polar surface area (TPSA) is 83.5 Å². The molecule has 0 aliphatic carbocycles. The fourth-order valence-corrected chi connectivity index (χ4v) is 1.59. The van der Waals surface area contributed by atoms with Crippen LogP contribution in [-0.4, -0.2) is 28.8 Å². The highest BCUT2D eigenvalue weighted by Crippen LogP contribution is 2.04. The molecule has 1 aromatic carbocycles. The predicted molar refractivity (Wildman–Crippen MR) is 69.5 cm³/mol. The number of carboxylic acid groups (broad SMARTS) is 1. The predicted octanol–water partition coefficient (Wildman–Crippen LogP) is 0.944. The molecule has 1 amide bonds. The maximum Gasteiger partial charge on any atom is 0.328 e. The molecule has 0 spiro atoms. The highest BCUT2D eigenvalue weighted by Gasteiger charge is 2.17. The summed E-state index contributed by atoms with van der Waals surface area (Å²) in [6.45, 7) is 1.31. The van der Waals surface area contributed by atoms with Crippen LogP contribution < -0.4 is 5.32 Å². The van der Waals surface area contributed by atoms with Crippen molar-refractivity contribution < 1.29 is 19.5 Å². The Morgan fingerprint density at radius 1 is 1.21 bits per heavy atom. The van der Waals surface area contributed by atoms with Gasteiger partial charge in [-0.3, -0.25) is 9.59 Å². The highest BCUT2D eigenvalue weighted by molar-refractivity contribution is 6.00. The first-order valence-corrected chi connectivity index (χ1v) is 5.75. The van der Waals surface area contributed by atoms with E-state index in [9.17, 15) is 14.4 Å². The van der Waals surface area contributed by atoms with Crippen LogP contribution in [0.5, 0.6) is 0 Å². The Morgan fingerprint density at radius 3 is 2.37 bits per heavy atom. The van der Waals surface area contributed by atoms with E-state index in [1.807, 2.05) is 30.3 Å². The minimum atomic E-state index is -1.20. The second-order valence-electron chi connectivity index (χ2n) is 4.02. The van der Waals surface area contributed by atoms with Gasteiger partial charge in [0.05, 0.1) is 6.04 Å². The van der Waals surface area contributed by atoms with Gasteiger partial charge in [-0.1, -0.05) is 30.3 Å². The minimum Gasteiger partial charge on any atom is -0.478 e. The Bertz CT molecular complexity index is 493. The van der Waals surface area contributed by atoms with Gasteiger partial charge in [-0.05, 0) is 11.6 Å². The molecule has 0 saturated carbocycles. The van der Waals surface area contributed by atoms with E-state index in [-0.39, 0.29) is 5.91 Å². The van der Waals surface area contributed by atoms with Gasteiger partial charge in [-0.25, -0.2) is 4.79 Å². The van der Waals surface area contributed by atoms with Crippen molar-refractivity contribution in [1.29, 1.82) is 0 Å². The maximum atomic E-state index is 11.8. The highest BCUT2D eigenvalue weighted by atomic mass is 16.4. The number of carbonyl (C=O) groups excluding carboxylic acids is 2. The lowest BCUT2D eigenvalue weighted by Gasteiger charge is -2.14. The molecule has 19 heavy (non-hydrogen) atoms. The first kappa shape index (κ1) is 14.6. The smallest absolute Gasteiger partial charge is 0.328 e.